The first-order valence-electron chi connectivity index (χ1n) is 4.00. The fraction of sp³-hybridized carbons (Fsp3) is 0.111. The van der Waals surface area contributed by atoms with E-state index in [-0.39, 0.29) is 15.6 Å². The van der Waals surface area contributed by atoms with Gasteiger partial charge in [0, 0.05) is 17.9 Å². The van der Waals surface area contributed by atoms with Crippen LogP contribution in [-0.2, 0) is 4.74 Å². The fourth-order valence-corrected chi connectivity index (χ4v) is 3.58. The molecule has 0 radical (unpaired) electrons. The molecule has 1 N–H and O–H groups in total. The topological polar surface area (TPSA) is 63.6 Å². The van der Waals surface area contributed by atoms with Crippen molar-refractivity contribution >= 4 is 75.7 Å². The standard InChI is InChI=1S/C9H4Br4O4/c1-17-9(16)3-2(8(14)15)4(10)6(12)7(13)5(3)11/h1H3,(H,14,15). The van der Waals surface area contributed by atoms with E-state index in [1.165, 1.54) is 7.11 Å². The molecule has 0 unspecified atom stereocenters. The van der Waals surface area contributed by atoms with Crippen LogP contribution in [0, 0.1) is 0 Å². The van der Waals surface area contributed by atoms with Crippen LogP contribution in [0.5, 0.6) is 0 Å². The number of aromatic carboxylic acids is 1. The van der Waals surface area contributed by atoms with Gasteiger partial charge in [0.1, 0.15) is 0 Å². The summed E-state index contributed by atoms with van der Waals surface area (Å²) in [7, 11) is 1.18. The van der Waals surface area contributed by atoms with Crippen molar-refractivity contribution in [3.05, 3.63) is 29.0 Å². The van der Waals surface area contributed by atoms with Crippen molar-refractivity contribution in [3.8, 4) is 0 Å². The Morgan fingerprint density at radius 1 is 0.941 bits per heavy atom. The number of hydrogen-bond acceptors (Lipinski definition) is 3. The molecule has 0 bridgehead atoms. The summed E-state index contributed by atoms with van der Waals surface area (Å²) < 4.78 is 6.17. The summed E-state index contributed by atoms with van der Waals surface area (Å²) >= 11 is 12.7. The molecule has 0 aliphatic carbocycles. The summed E-state index contributed by atoms with van der Waals surface area (Å²) in [4.78, 5) is 22.8. The minimum atomic E-state index is -1.23. The molecule has 0 saturated carbocycles. The second kappa shape index (κ2) is 5.81. The number of esters is 1. The number of halogens is 4. The third-order valence-corrected chi connectivity index (χ3v) is 6.64. The van der Waals surface area contributed by atoms with Crippen LogP contribution in [0.2, 0.25) is 0 Å². The smallest absolute Gasteiger partial charge is 0.339 e. The van der Waals surface area contributed by atoms with Gasteiger partial charge in [0.25, 0.3) is 0 Å². The molecule has 1 aromatic rings. The molecule has 92 valence electrons. The molecule has 0 spiro atoms. The Hall–Kier alpha value is 0.0800. The van der Waals surface area contributed by atoms with Gasteiger partial charge in [-0.15, -0.1) is 0 Å². The number of rotatable bonds is 2. The summed E-state index contributed by atoms with van der Waals surface area (Å²) in [6.45, 7) is 0. The maximum absolute atomic E-state index is 11.6. The molecule has 0 saturated heterocycles. The van der Waals surface area contributed by atoms with Gasteiger partial charge in [-0.05, 0) is 63.7 Å². The molecule has 8 heteroatoms. The highest BCUT2D eigenvalue weighted by atomic mass is 79.9. The molecule has 0 heterocycles. The largest absolute Gasteiger partial charge is 0.478 e. The van der Waals surface area contributed by atoms with Crippen molar-refractivity contribution in [2.75, 3.05) is 7.11 Å². The third-order valence-electron chi connectivity index (χ3n) is 1.87. The Morgan fingerprint density at radius 2 is 1.35 bits per heavy atom. The zero-order chi connectivity index (χ0) is 13.3. The Bertz CT molecular complexity index is 512. The van der Waals surface area contributed by atoms with Gasteiger partial charge in [-0.1, -0.05) is 0 Å². The SMILES string of the molecule is COC(=O)c1c(Br)c(Br)c(Br)c(Br)c1C(=O)O. The lowest BCUT2D eigenvalue weighted by Crippen LogP contribution is -2.13. The first kappa shape index (κ1) is 15.1. The van der Waals surface area contributed by atoms with E-state index in [2.05, 4.69) is 68.5 Å². The molecular weight excluding hydrogens is 492 g/mol. The second-order valence-electron chi connectivity index (χ2n) is 2.80. The van der Waals surface area contributed by atoms with Gasteiger partial charge >= 0.3 is 11.9 Å². The zero-order valence-corrected chi connectivity index (χ0v) is 14.5. The molecule has 17 heavy (non-hydrogen) atoms. The second-order valence-corrected chi connectivity index (χ2v) is 5.97. The molecule has 0 atom stereocenters. The van der Waals surface area contributed by atoms with Crippen molar-refractivity contribution in [3.63, 3.8) is 0 Å². The predicted molar refractivity (Wildman–Crippen MR) is 75.5 cm³/mol. The minimum Gasteiger partial charge on any atom is -0.478 e. The number of methoxy groups -OCH3 is 1. The molecule has 1 rings (SSSR count). The molecule has 0 fully saturated rings. The van der Waals surface area contributed by atoms with Crippen LogP contribution in [-0.4, -0.2) is 24.2 Å². The highest BCUT2D eigenvalue weighted by Gasteiger charge is 2.28. The first-order valence-corrected chi connectivity index (χ1v) is 7.17. The van der Waals surface area contributed by atoms with Gasteiger partial charge < -0.3 is 9.84 Å². The van der Waals surface area contributed by atoms with Crippen LogP contribution in [0.25, 0.3) is 0 Å². The number of ether oxygens (including phenoxy) is 1. The lowest BCUT2D eigenvalue weighted by Gasteiger charge is -2.12. The van der Waals surface area contributed by atoms with E-state index in [9.17, 15) is 9.59 Å². The van der Waals surface area contributed by atoms with Crippen molar-refractivity contribution in [1.29, 1.82) is 0 Å². The molecule has 0 aromatic heterocycles. The summed E-state index contributed by atoms with van der Waals surface area (Å²) in [5.74, 6) is -1.96. The molecule has 0 aliphatic rings. The van der Waals surface area contributed by atoms with E-state index < -0.39 is 11.9 Å². The number of benzene rings is 1. The summed E-state index contributed by atoms with van der Waals surface area (Å²) in [5, 5.41) is 9.14. The lowest BCUT2D eigenvalue weighted by atomic mass is 10.1. The van der Waals surface area contributed by atoms with Gasteiger partial charge in [-0.3, -0.25) is 0 Å². The maximum atomic E-state index is 11.6. The van der Waals surface area contributed by atoms with Crippen molar-refractivity contribution < 1.29 is 19.4 Å². The number of carbonyl (C=O) groups excluding carboxylic acids is 1. The van der Waals surface area contributed by atoms with Gasteiger partial charge in [-0.2, -0.15) is 0 Å². The molecule has 4 nitrogen and oxygen atoms in total. The summed E-state index contributed by atoms with van der Waals surface area (Å²) in [6, 6.07) is 0. The third kappa shape index (κ3) is 2.74. The number of carbonyl (C=O) groups is 2. The number of carboxylic acid groups (broad SMARTS) is 1. The van der Waals surface area contributed by atoms with Crippen molar-refractivity contribution in [1.82, 2.24) is 0 Å². The Morgan fingerprint density at radius 3 is 1.71 bits per heavy atom. The van der Waals surface area contributed by atoms with Gasteiger partial charge in [0.05, 0.1) is 18.2 Å². The normalized spacial score (nSPS) is 10.2. The first-order chi connectivity index (χ1) is 7.82. The van der Waals surface area contributed by atoms with Crippen LogP contribution < -0.4 is 0 Å². The van der Waals surface area contributed by atoms with E-state index in [0.29, 0.717) is 13.4 Å². The van der Waals surface area contributed by atoms with Crippen LogP contribution in [0.3, 0.4) is 0 Å². The van der Waals surface area contributed by atoms with Gasteiger partial charge in [0.2, 0.25) is 0 Å². The van der Waals surface area contributed by atoms with Crippen LogP contribution in [0.1, 0.15) is 20.7 Å². The monoisotopic (exact) mass is 492 g/mol. The minimum absolute atomic E-state index is 0.0537. The van der Waals surface area contributed by atoms with Crippen LogP contribution >= 0.6 is 63.7 Å². The van der Waals surface area contributed by atoms with E-state index in [0.717, 1.165) is 0 Å². The highest BCUT2D eigenvalue weighted by Crippen LogP contribution is 2.42. The number of hydrogen-bond donors (Lipinski definition) is 1. The van der Waals surface area contributed by atoms with Crippen LogP contribution in [0.4, 0.5) is 0 Å². The zero-order valence-electron chi connectivity index (χ0n) is 8.18. The van der Waals surface area contributed by atoms with E-state index in [4.69, 9.17) is 5.11 Å². The molecular formula is C9H4Br4O4. The van der Waals surface area contributed by atoms with Gasteiger partial charge in [-0.25, -0.2) is 9.59 Å². The molecule has 0 amide bonds. The molecule has 0 aliphatic heterocycles. The highest BCUT2D eigenvalue weighted by molar-refractivity contribution is 9.15. The fourth-order valence-electron chi connectivity index (χ4n) is 1.13. The Labute approximate surface area is 130 Å². The van der Waals surface area contributed by atoms with Crippen LogP contribution in [0.15, 0.2) is 17.9 Å². The van der Waals surface area contributed by atoms with Crippen molar-refractivity contribution in [2.24, 2.45) is 0 Å². The van der Waals surface area contributed by atoms with E-state index in [1.54, 1.807) is 0 Å². The average molecular weight is 496 g/mol. The quantitative estimate of drug-likeness (QED) is 0.379. The van der Waals surface area contributed by atoms with Gasteiger partial charge in [0.15, 0.2) is 0 Å². The predicted octanol–water partition coefficient (Wildman–Crippen LogP) is 4.22. The van der Waals surface area contributed by atoms with Crippen molar-refractivity contribution in [2.45, 2.75) is 0 Å². The summed E-state index contributed by atoms with van der Waals surface area (Å²) in [6.07, 6.45) is 0. The average Bonchev–Trinajstić information content (AvgIpc) is 2.29. The summed E-state index contributed by atoms with van der Waals surface area (Å²) in [5.41, 5.74) is -0.222. The Kier molecular flexibility index (Phi) is 5.18. The van der Waals surface area contributed by atoms with E-state index >= 15 is 0 Å². The molecule has 1 aromatic carbocycles. The Balaban J connectivity index is 3.78. The lowest BCUT2D eigenvalue weighted by molar-refractivity contribution is 0.0581. The maximum Gasteiger partial charge on any atom is 0.339 e. The van der Waals surface area contributed by atoms with E-state index in [1.807, 2.05) is 0 Å². The number of carboxylic acids is 1.